The zero-order valence-electron chi connectivity index (χ0n) is 38.3. The third-order valence-corrected chi connectivity index (χ3v) is 13.4. The minimum Gasteiger partial charge on any atom is -0.308 e. The number of hydrogen-bond donors (Lipinski definition) is 0. The third-order valence-electron chi connectivity index (χ3n) is 13.4. The number of hydrogen-bond acceptors (Lipinski definition) is 3. The molecule has 12 aromatic rings. The van der Waals surface area contributed by atoms with E-state index in [0.29, 0.717) is 11.4 Å². The second-order valence-electron chi connectivity index (χ2n) is 18.0. The minimum absolute atomic E-state index is 0.539. The molecule has 12 rings (SSSR count). The summed E-state index contributed by atoms with van der Waals surface area (Å²) in [6, 6.07) is 73.4. The fourth-order valence-electron chi connectivity index (χ4n) is 10.3. The maximum absolute atomic E-state index is 12.1. The Morgan fingerprint density at radius 1 is 0.353 bits per heavy atom. The Morgan fingerprint density at radius 2 is 0.662 bits per heavy atom. The van der Waals surface area contributed by atoms with Gasteiger partial charge in [-0.25, -0.2) is 9.97 Å². The van der Waals surface area contributed by atoms with Crippen LogP contribution in [0.5, 0.6) is 0 Å². The molecular formula is C63H45N5. The van der Waals surface area contributed by atoms with Crippen molar-refractivity contribution in [2.75, 3.05) is 0 Å². The molecule has 322 valence electrons. The van der Waals surface area contributed by atoms with E-state index in [2.05, 4.69) is 219 Å². The molecule has 9 aromatic carbocycles. The lowest BCUT2D eigenvalue weighted by Gasteiger charge is -2.27. The van der Waals surface area contributed by atoms with Gasteiger partial charge in [-0.1, -0.05) is 168 Å². The molecule has 0 unspecified atom stereocenters. The highest BCUT2D eigenvalue weighted by atomic mass is 15.0. The molecule has 0 bridgehead atoms. The van der Waals surface area contributed by atoms with Gasteiger partial charge in [0, 0.05) is 43.8 Å². The first-order valence-corrected chi connectivity index (χ1v) is 23.1. The van der Waals surface area contributed by atoms with Gasteiger partial charge in [-0.2, -0.15) is 5.26 Å². The highest BCUT2D eigenvalue weighted by molar-refractivity contribution is 6.15. The number of fused-ring (bicyclic) bond motifs is 6. The van der Waals surface area contributed by atoms with Gasteiger partial charge in [0.2, 0.25) is 0 Å². The molecule has 0 atom stereocenters. The highest BCUT2D eigenvalue weighted by Crippen LogP contribution is 2.52. The van der Waals surface area contributed by atoms with Gasteiger partial charge in [-0.3, -0.25) is 0 Å². The lowest BCUT2D eigenvalue weighted by atomic mass is 9.85. The van der Waals surface area contributed by atoms with Crippen molar-refractivity contribution in [3.05, 3.63) is 228 Å². The van der Waals surface area contributed by atoms with Crippen molar-refractivity contribution in [2.24, 2.45) is 0 Å². The van der Waals surface area contributed by atoms with Gasteiger partial charge in [0.25, 0.3) is 0 Å². The van der Waals surface area contributed by atoms with Crippen LogP contribution in [0.3, 0.4) is 0 Å². The zero-order valence-corrected chi connectivity index (χ0v) is 38.3. The maximum Gasteiger partial charge on any atom is 0.164 e. The number of rotatable bonds is 7. The van der Waals surface area contributed by atoms with Crippen LogP contribution in [0, 0.1) is 39.0 Å². The van der Waals surface area contributed by atoms with Crippen LogP contribution < -0.4 is 0 Å². The van der Waals surface area contributed by atoms with Crippen LogP contribution in [0.25, 0.3) is 111 Å². The molecule has 0 amide bonds. The SMILES string of the molecule is Cc1ccc2c(c1)c1cc(C)ccc1n2-c1c(-c2ccccc2)c(C#N)c(-c2ccccc2)c(-n2c3ccc(C)cc3c3cc(C)ccc32)c1-c1nc(-c2ccccc2)cc(-c2ccccc2)n1. The number of aryl methyl sites for hydroxylation is 4. The summed E-state index contributed by atoms with van der Waals surface area (Å²) in [7, 11) is 0. The fraction of sp³-hybridized carbons (Fsp3) is 0.0635. The average Bonchev–Trinajstić information content (AvgIpc) is 3.86. The van der Waals surface area contributed by atoms with E-state index < -0.39 is 0 Å². The van der Waals surface area contributed by atoms with Crippen molar-refractivity contribution in [1.29, 1.82) is 5.26 Å². The van der Waals surface area contributed by atoms with Gasteiger partial charge in [0.1, 0.15) is 6.07 Å². The predicted molar refractivity (Wildman–Crippen MR) is 282 cm³/mol. The number of nitrogens with zero attached hydrogens (tertiary/aromatic N) is 5. The summed E-state index contributed by atoms with van der Waals surface area (Å²) >= 11 is 0. The topological polar surface area (TPSA) is 59.4 Å². The van der Waals surface area contributed by atoms with Crippen LogP contribution in [0.4, 0.5) is 0 Å². The molecule has 0 fully saturated rings. The Kier molecular flexibility index (Phi) is 9.71. The maximum atomic E-state index is 12.1. The molecular weight excluding hydrogens is 827 g/mol. The molecule has 68 heavy (non-hydrogen) atoms. The van der Waals surface area contributed by atoms with Crippen molar-refractivity contribution in [1.82, 2.24) is 19.1 Å². The predicted octanol–water partition coefficient (Wildman–Crippen LogP) is 16.1. The third kappa shape index (κ3) is 6.61. The summed E-state index contributed by atoms with van der Waals surface area (Å²) < 4.78 is 4.78. The van der Waals surface area contributed by atoms with E-state index in [4.69, 9.17) is 9.97 Å². The molecule has 5 heteroatoms. The van der Waals surface area contributed by atoms with Gasteiger partial charge in [-0.15, -0.1) is 0 Å². The molecule has 0 aliphatic rings. The molecule has 3 heterocycles. The molecule has 0 aliphatic carbocycles. The van der Waals surface area contributed by atoms with Gasteiger partial charge in [-0.05, 0) is 93.4 Å². The first-order valence-electron chi connectivity index (χ1n) is 23.1. The van der Waals surface area contributed by atoms with E-state index in [9.17, 15) is 5.26 Å². The zero-order chi connectivity index (χ0) is 46.0. The van der Waals surface area contributed by atoms with Gasteiger partial charge < -0.3 is 9.13 Å². The molecule has 0 aliphatic heterocycles. The lowest BCUT2D eigenvalue weighted by molar-refractivity contribution is 1.10. The van der Waals surface area contributed by atoms with Crippen molar-refractivity contribution in [2.45, 2.75) is 27.7 Å². The summed E-state index contributed by atoms with van der Waals surface area (Å²) in [6.45, 7) is 8.61. The first-order chi connectivity index (χ1) is 33.3. The van der Waals surface area contributed by atoms with E-state index in [1.807, 2.05) is 24.3 Å². The molecule has 0 N–H and O–H groups in total. The molecule has 0 saturated carbocycles. The van der Waals surface area contributed by atoms with Crippen LogP contribution in [-0.2, 0) is 0 Å². The van der Waals surface area contributed by atoms with Crippen molar-refractivity contribution in [3.63, 3.8) is 0 Å². The van der Waals surface area contributed by atoms with Crippen LogP contribution >= 0.6 is 0 Å². The van der Waals surface area contributed by atoms with E-state index in [-0.39, 0.29) is 0 Å². The standard InChI is InChI=1S/C63H45N5/c1-39-25-29-54-47(33-39)48-34-40(2)26-30-55(48)67(54)61-58(45-21-13-7-14-22-45)51(38-64)59(46-23-15-8-16-24-46)62(68-56-31-27-41(3)35-49(56)50-36-42(4)28-32-57(50)68)60(61)63-65-52(43-17-9-5-10-18-43)37-53(66-63)44-19-11-6-12-20-44/h5-37H,1-4H3. The molecule has 5 nitrogen and oxygen atoms in total. The quantitative estimate of drug-likeness (QED) is 0.160. The van der Waals surface area contributed by atoms with Crippen LogP contribution in [0.15, 0.2) is 200 Å². The van der Waals surface area contributed by atoms with E-state index >= 15 is 0 Å². The summed E-state index contributed by atoms with van der Waals surface area (Å²) in [5.74, 6) is 0.539. The minimum atomic E-state index is 0.539. The van der Waals surface area contributed by atoms with E-state index in [1.54, 1.807) is 0 Å². The number of nitriles is 1. The van der Waals surface area contributed by atoms with Crippen molar-refractivity contribution in [3.8, 4) is 73.6 Å². The normalized spacial score (nSPS) is 11.5. The molecule has 3 aromatic heterocycles. The van der Waals surface area contributed by atoms with Gasteiger partial charge >= 0.3 is 0 Å². The summed E-state index contributed by atoms with van der Waals surface area (Å²) in [6.07, 6.45) is 0. The fourth-order valence-corrected chi connectivity index (χ4v) is 10.3. The van der Waals surface area contributed by atoms with Gasteiger partial charge in [0.05, 0.1) is 56.0 Å². The number of aromatic nitrogens is 4. The Morgan fingerprint density at radius 3 is 0.971 bits per heavy atom. The molecule has 0 saturated heterocycles. The van der Waals surface area contributed by atoms with Crippen LogP contribution in [0.1, 0.15) is 27.8 Å². The second-order valence-corrected chi connectivity index (χ2v) is 18.0. The van der Waals surface area contributed by atoms with E-state index in [1.165, 1.54) is 22.3 Å². The largest absolute Gasteiger partial charge is 0.308 e. The Labute approximate surface area is 395 Å². The summed E-state index contributed by atoms with van der Waals surface area (Å²) in [5, 5.41) is 16.6. The Hall–Kier alpha value is -8.85. The smallest absolute Gasteiger partial charge is 0.164 e. The Bertz CT molecular complexity index is 3620. The average molecular weight is 872 g/mol. The summed E-state index contributed by atoms with van der Waals surface area (Å²) in [4.78, 5) is 11.4. The molecule has 0 radical (unpaired) electrons. The lowest BCUT2D eigenvalue weighted by Crippen LogP contribution is -2.12. The van der Waals surface area contributed by atoms with Crippen LogP contribution in [0.2, 0.25) is 0 Å². The summed E-state index contributed by atoms with van der Waals surface area (Å²) in [5.41, 5.74) is 18.7. The van der Waals surface area contributed by atoms with E-state index in [0.717, 1.165) is 105 Å². The van der Waals surface area contributed by atoms with Crippen LogP contribution in [-0.4, -0.2) is 19.1 Å². The number of benzene rings is 9. The van der Waals surface area contributed by atoms with Crippen molar-refractivity contribution < 1.29 is 0 Å². The van der Waals surface area contributed by atoms with Gasteiger partial charge in [0.15, 0.2) is 5.82 Å². The molecule has 0 spiro atoms. The monoisotopic (exact) mass is 871 g/mol. The van der Waals surface area contributed by atoms with Crippen molar-refractivity contribution >= 4 is 43.6 Å². The highest BCUT2D eigenvalue weighted by Gasteiger charge is 2.33. The first kappa shape index (κ1) is 40.6. The Balaban J connectivity index is 1.42. The second kappa shape index (κ2) is 16.2.